The lowest BCUT2D eigenvalue weighted by Crippen LogP contribution is -2.27. The van der Waals surface area contributed by atoms with Crippen LogP contribution in [0, 0.1) is 12.7 Å². The van der Waals surface area contributed by atoms with Gasteiger partial charge in [-0.05, 0) is 36.8 Å². The molecule has 0 unspecified atom stereocenters. The molecule has 2 aromatic carbocycles. The Morgan fingerprint density at radius 3 is 2.56 bits per heavy atom. The molecule has 0 aliphatic heterocycles. The third kappa shape index (κ3) is 4.93. The summed E-state index contributed by atoms with van der Waals surface area (Å²) in [5.74, 6) is -0.869. The average Bonchev–Trinajstić information content (AvgIpc) is 2.51. The standard InChI is InChI=1S/C17H18ClFN2O3S/c1-11-7-8-12(9-16(11)20-25(3,23)24)17(22)21(2)10-13-14(18)5-4-6-15(13)19/h4-9,20H,10H2,1-3H3. The third-order valence-corrected chi connectivity index (χ3v) is 4.53. The van der Waals surface area contributed by atoms with E-state index in [4.69, 9.17) is 11.6 Å². The first-order valence-electron chi connectivity index (χ1n) is 7.35. The molecule has 134 valence electrons. The number of sulfonamides is 1. The van der Waals surface area contributed by atoms with Gasteiger partial charge < -0.3 is 4.90 Å². The van der Waals surface area contributed by atoms with Crippen LogP contribution in [-0.4, -0.2) is 32.5 Å². The van der Waals surface area contributed by atoms with Crippen molar-refractivity contribution in [2.24, 2.45) is 0 Å². The van der Waals surface area contributed by atoms with Gasteiger partial charge in [0, 0.05) is 29.7 Å². The first-order valence-corrected chi connectivity index (χ1v) is 9.62. The molecular formula is C17H18ClFN2O3S. The van der Waals surface area contributed by atoms with E-state index in [2.05, 4.69) is 4.72 Å². The number of rotatable bonds is 5. The summed E-state index contributed by atoms with van der Waals surface area (Å²) in [4.78, 5) is 13.9. The van der Waals surface area contributed by atoms with Crippen LogP contribution in [0.3, 0.4) is 0 Å². The molecule has 0 atom stereocenters. The number of aryl methyl sites for hydroxylation is 1. The van der Waals surface area contributed by atoms with Crippen molar-refractivity contribution in [1.82, 2.24) is 4.90 Å². The molecule has 2 rings (SSSR count). The topological polar surface area (TPSA) is 66.5 Å². The van der Waals surface area contributed by atoms with E-state index in [0.29, 0.717) is 11.3 Å². The van der Waals surface area contributed by atoms with Crippen LogP contribution in [-0.2, 0) is 16.6 Å². The fourth-order valence-corrected chi connectivity index (χ4v) is 3.12. The second kappa shape index (κ2) is 7.41. The first-order chi connectivity index (χ1) is 11.6. The fraction of sp³-hybridized carbons (Fsp3) is 0.235. The molecule has 0 radical (unpaired) electrons. The van der Waals surface area contributed by atoms with E-state index in [-0.39, 0.29) is 28.6 Å². The van der Waals surface area contributed by atoms with Crippen LogP contribution >= 0.6 is 11.6 Å². The van der Waals surface area contributed by atoms with Crippen molar-refractivity contribution in [3.63, 3.8) is 0 Å². The van der Waals surface area contributed by atoms with Gasteiger partial charge in [-0.25, -0.2) is 12.8 Å². The van der Waals surface area contributed by atoms with Crippen LogP contribution in [0.1, 0.15) is 21.5 Å². The summed E-state index contributed by atoms with van der Waals surface area (Å²) >= 11 is 5.99. The van der Waals surface area contributed by atoms with E-state index in [1.165, 1.54) is 30.1 Å². The number of carbonyl (C=O) groups is 1. The predicted molar refractivity (Wildman–Crippen MR) is 96.9 cm³/mol. The van der Waals surface area contributed by atoms with E-state index in [1.807, 2.05) is 0 Å². The molecule has 1 N–H and O–H groups in total. The highest BCUT2D eigenvalue weighted by molar-refractivity contribution is 7.92. The van der Waals surface area contributed by atoms with Crippen molar-refractivity contribution in [2.75, 3.05) is 18.0 Å². The molecule has 5 nitrogen and oxygen atoms in total. The van der Waals surface area contributed by atoms with Gasteiger partial charge >= 0.3 is 0 Å². The van der Waals surface area contributed by atoms with Gasteiger partial charge in [-0.1, -0.05) is 23.7 Å². The number of hydrogen-bond donors (Lipinski definition) is 1. The maximum atomic E-state index is 13.9. The summed E-state index contributed by atoms with van der Waals surface area (Å²) in [6.07, 6.45) is 1.03. The van der Waals surface area contributed by atoms with E-state index in [9.17, 15) is 17.6 Å². The van der Waals surface area contributed by atoms with Crippen LogP contribution in [0.5, 0.6) is 0 Å². The van der Waals surface area contributed by atoms with Crippen molar-refractivity contribution in [3.8, 4) is 0 Å². The van der Waals surface area contributed by atoms with Gasteiger partial charge in [0.15, 0.2) is 0 Å². The number of benzene rings is 2. The normalized spacial score (nSPS) is 11.2. The van der Waals surface area contributed by atoms with Crippen LogP contribution in [0.25, 0.3) is 0 Å². The van der Waals surface area contributed by atoms with Gasteiger partial charge in [0.25, 0.3) is 5.91 Å². The minimum Gasteiger partial charge on any atom is -0.337 e. The number of halogens is 2. The number of anilines is 1. The SMILES string of the molecule is Cc1ccc(C(=O)N(C)Cc2c(F)cccc2Cl)cc1NS(C)(=O)=O. The smallest absolute Gasteiger partial charge is 0.253 e. The fourth-order valence-electron chi connectivity index (χ4n) is 2.28. The summed E-state index contributed by atoms with van der Waals surface area (Å²) in [5, 5.41) is 0.239. The first kappa shape index (κ1) is 19.2. The summed E-state index contributed by atoms with van der Waals surface area (Å²) in [5.41, 5.74) is 1.51. The zero-order valence-electron chi connectivity index (χ0n) is 14.0. The zero-order chi connectivity index (χ0) is 18.8. The Morgan fingerprint density at radius 2 is 1.96 bits per heavy atom. The van der Waals surface area contributed by atoms with Crippen LogP contribution in [0.15, 0.2) is 36.4 Å². The van der Waals surface area contributed by atoms with Crippen LogP contribution in [0.2, 0.25) is 5.02 Å². The number of carbonyl (C=O) groups excluding carboxylic acids is 1. The van der Waals surface area contributed by atoms with Crippen molar-refractivity contribution in [1.29, 1.82) is 0 Å². The van der Waals surface area contributed by atoms with Crippen LogP contribution in [0.4, 0.5) is 10.1 Å². The Hall–Kier alpha value is -2.12. The highest BCUT2D eigenvalue weighted by Gasteiger charge is 2.17. The summed E-state index contributed by atoms with van der Waals surface area (Å²) in [6, 6.07) is 9.01. The minimum absolute atomic E-state index is 0.00689. The summed E-state index contributed by atoms with van der Waals surface area (Å²) in [6.45, 7) is 1.72. The number of nitrogens with one attached hydrogen (secondary N) is 1. The Morgan fingerprint density at radius 1 is 1.28 bits per heavy atom. The molecule has 0 fully saturated rings. The maximum Gasteiger partial charge on any atom is 0.253 e. The Kier molecular flexibility index (Phi) is 5.69. The van der Waals surface area contributed by atoms with E-state index < -0.39 is 15.8 Å². The second-order valence-electron chi connectivity index (χ2n) is 5.77. The lowest BCUT2D eigenvalue weighted by molar-refractivity contribution is 0.0784. The Bertz CT molecular complexity index is 896. The molecule has 0 aliphatic rings. The number of nitrogens with zero attached hydrogens (tertiary/aromatic N) is 1. The summed E-state index contributed by atoms with van der Waals surface area (Å²) < 4.78 is 39.1. The lowest BCUT2D eigenvalue weighted by Gasteiger charge is -2.19. The van der Waals surface area contributed by atoms with Crippen molar-refractivity contribution in [3.05, 3.63) is 63.9 Å². The van der Waals surface area contributed by atoms with Crippen molar-refractivity contribution >= 4 is 33.2 Å². The third-order valence-electron chi connectivity index (χ3n) is 3.58. The monoisotopic (exact) mass is 384 g/mol. The van der Waals surface area contributed by atoms with Crippen molar-refractivity contribution in [2.45, 2.75) is 13.5 Å². The van der Waals surface area contributed by atoms with E-state index in [1.54, 1.807) is 25.1 Å². The molecule has 2 aromatic rings. The molecule has 8 heteroatoms. The van der Waals surface area contributed by atoms with E-state index >= 15 is 0 Å². The molecule has 0 saturated heterocycles. The predicted octanol–water partition coefficient (Wildman–Crippen LogP) is 3.43. The highest BCUT2D eigenvalue weighted by atomic mass is 35.5. The Labute approximate surface area is 151 Å². The molecule has 0 heterocycles. The van der Waals surface area contributed by atoms with Gasteiger partial charge in [0.1, 0.15) is 5.82 Å². The number of hydrogen-bond acceptors (Lipinski definition) is 3. The van der Waals surface area contributed by atoms with Gasteiger partial charge in [-0.3, -0.25) is 9.52 Å². The maximum absolute atomic E-state index is 13.9. The molecule has 1 amide bonds. The zero-order valence-corrected chi connectivity index (χ0v) is 15.6. The quantitative estimate of drug-likeness (QED) is 0.858. The number of amides is 1. The molecule has 25 heavy (non-hydrogen) atoms. The van der Waals surface area contributed by atoms with Gasteiger partial charge in [-0.2, -0.15) is 0 Å². The largest absolute Gasteiger partial charge is 0.337 e. The molecule has 0 aromatic heterocycles. The van der Waals surface area contributed by atoms with E-state index in [0.717, 1.165) is 6.26 Å². The van der Waals surface area contributed by atoms with Gasteiger partial charge in [0.2, 0.25) is 10.0 Å². The average molecular weight is 385 g/mol. The molecule has 0 aliphatic carbocycles. The Balaban J connectivity index is 2.26. The molecule has 0 saturated carbocycles. The summed E-state index contributed by atoms with van der Waals surface area (Å²) in [7, 11) is -1.94. The van der Waals surface area contributed by atoms with Gasteiger partial charge in [0.05, 0.1) is 11.9 Å². The highest BCUT2D eigenvalue weighted by Crippen LogP contribution is 2.23. The second-order valence-corrected chi connectivity index (χ2v) is 7.92. The lowest BCUT2D eigenvalue weighted by atomic mass is 10.1. The molecular weight excluding hydrogens is 367 g/mol. The van der Waals surface area contributed by atoms with Gasteiger partial charge in [-0.15, -0.1) is 0 Å². The van der Waals surface area contributed by atoms with Crippen LogP contribution < -0.4 is 4.72 Å². The minimum atomic E-state index is -3.46. The molecule has 0 bridgehead atoms. The van der Waals surface area contributed by atoms with Crippen molar-refractivity contribution < 1.29 is 17.6 Å². The molecule has 0 spiro atoms.